The molecular weight excluding hydrogens is 360 g/mol. The van der Waals surface area contributed by atoms with Crippen molar-refractivity contribution < 1.29 is 9.47 Å². The molecule has 29 heavy (non-hydrogen) atoms. The van der Waals surface area contributed by atoms with Crippen LogP contribution < -0.4 is 9.47 Å². The van der Waals surface area contributed by atoms with Crippen molar-refractivity contribution in [3.8, 4) is 17.7 Å². The van der Waals surface area contributed by atoms with E-state index in [0.717, 1.165) is 41.1 Å². The summed E-state index contributed by atoms with van der Waals surface area (Å²) in [6.07, 6.45) is 5.07. The van der Waals surface area contributed by atoms with Crippen LogP contribution in [0.15, 0.2) is 42.5 Å². The Morgan fingerprint density at radius 1 is 1.03 bits per heavy atom. The number of aromatic nitrogens is 1. The molecule has 1 aliphatic rings. The van der Waals surface area contributed by atoms with Crippen molar-refractivity contribution >= 4 is 10.9 Å². The molecule has 1 aromatic heterocycles. The molecule has 4 rings (SSSR count). The van der Waals surface area contributed by atoms with Crippen LogP contribution in [0.25, 0.3) is 10.9 Å². The number of aryl methyl sites for hydroxylation is 1. The van der Waals surface area contributed by atoms with Crippen molar-refractivity contribution in [1.82, 2.24) is 4.98 Å². The van der Waals surface area contributed by atoms with Crippen molar-refractivity contribution in [2.24, 2.45) is 0 Å². The third kappa shape index (κ3) is 3.53. The van der Waals surface area contributed by atoms with Crippen molar-refractivity contribution in [3.05, 3.63) is 64.7 Å². The van der Waals surface area contributed by atoms with E-state index in [-0.39, 0.29) is 0 Å². The van der Waals surface area contributed by atoms with Gasteiger partial charge in [0.25, 0.3) is 0 Å². The minimum Gasteiger partial charge on any atom is -0.497 e. The molecule has 0 amide bonds. The van der Waals surface area contributed by atoms with Gasteiger partial charge in [0, 0.05) is 10.9 Å². The highest BCUT2D eigenvalue weighted by atomic mass is 16.5. The van der Waals surface area contributed by atoms with E-state index in [1.165, 1.54) is 29.4 Å². The molecule has 1 unspecified atom stereocenters. The Hall–Kier alpha value is -3.06. The quantitative estimate of drug-likeness (QED) is 0.608. The lowest BCUT2D eigenvalue weighted by atomic mass is 9.78. The van der Waals surface area contributed by atoms with E-state index in [1.807, 2.05) is 31.2 Å². The van der Waals surface area contributed by atoms with E-state index >= 15 is 0 Å². The van der Waals surface area contributed by atoms with Crippen LogP contribution in [0.2, 0.25) is 0 Å². The zero-order valence-electron chi connectivity index (χ0n) is 17.3. The fraction of sp³-hybridized carbons (Fsp3) is 0.360. The van der Waals surface area contributed by atoms with Gasteiger partial charge in [0.2, 0.25) is 5.88 Å². The number of pyridine rings is 1. The maximum atomic E-state index is 10.1. The van der Waals surface area contributed by atoms with E-state index in [4.69, 9.17) is 14.5 Å². The molecule has 0 saturated heterocycles. The monoisotopic (exact) mass is 386 g/mol. The first kappa shape index (κ1) is 19.3. The second-order valence-electron chi connectivity index (χ2n) is 7.99. The Kier molecular flexibility index (Phi) is 5.15. The zero-order chi connectivity index (χ0) is 20.4. The number of hydrogen-bond donors (Lipinski definition) is 0. The molecule has 2 aromatic carbocycles. The Morgan fingerprint density at radius 3 is 2.55 bits per heavy atom. The predicted octanol–water partition coefficient (Wildman–Crippen LogP) is 5.15. The summed E-state index contributed by atoms with van der Waals surface area (Å²) in [7, 11) is 3.35. The molecule has 0 bridgehead atoms. The molecule has 1 aliphatic carbocycles. The molecule has 1 atom stereocenters. The SMILES string of the molecule is COc1cccc(CC(C)(C#N)c2ccc3c4c(c(OC)nc3c2)CCCC4)c1. The third-order valence-corrected chi connectivity index (χ3v) is 6.04. The summed E-state index contributed by atoms with van der Waals surface area (Å²) in [5.74, 6) is 1.54. The number of nitrogens with zero attached hydrogens (tertiary/aromatic N) is 2. The van der Waals surface area contributed by atoms with Crippen molar-refractivity contribution in [1.29, 1.82) is 5.26 Å². The van der Waals surface area contributed by atoms with Crippen LogP contribution in [0.1, 0.15) is 42.0 Å². The second kappa shape index (κ2) is 7.75. The largest absolute Gasteiger partial charge is 0.497 e. The molecular formula is C25H26N2O2. The fourth-order valence-corrected chi connectivity index (χ4v) is 4.40. The van der Waals surface area contributed by atoms with Gasteiger partial charge in [-0.25, -0.2) is 4.98 Å². The Labute approximate surface area is 172 Å². The number of benzene rings is 2. The van der Waals surface area contributed by atoms with Crippen LogP contribution in [-0.4, -0.2) is 19.2 Å². The van der Waals surface area contributed by atoms with Crippen molar-refractivity contribution in [2.45, 2.75) is 44.4 Å². The van der Waals surface area contributed by atoms with Crippen LogP contribution in [0.3, 0.4) is 0 Å². The maximum absolute atomic E-state index is 10.1. The van der Waals surface area contributed by atoms with Crippen LogP contribution in [-0.2, 0) is 24.7 Å². The van der Waals surface area contributed by atoms with E-state index in [0.29, 0.717) is 6.42 Å². The lowest BCUT2D eigenvalue weighted by Crippen LogP contribution is -2.23. The highest BCUT2D eigenvalue weighted by Gasteiger charge is 2.28. The standard InChI is InChI=1S/C25H26N2O2/c1-25(16-26,15-17-7-6-8-19(13-17)28-2)18-11-12-21-20-9-4-5-10-22(20)24(29-3)27-23(21)14-18/h6-8,11-14H,4-5,9-10,15H2,1-3H3. The van der Waals surface area contributed by atoms with Gasteiger partial charge < -0.3 is 9.47 Å². The third-order valence-electron chi connectivity index (χ3n) is 6.04. The molecule has 0 saturated carbocycles. The second-order valence-corrected chi connectivity index (χ2v) is 7.99. The molecule has 4 nitrogen and oxygen atoms in total. The van der Waals surface area contributed by atoms with Gasteiger partial charge in [0.05, 0.1) is 31.2 Å². The Bertz CT molecular complexity index is 1100. The van der Waals surface area contributed by atoms with E-state index < -0.39 is 5.41 Å². The average Bonchev–Trinajstić information content (AvgIpc) is 2.78. The van der Waals surface area contributed by atoms with Crippen LogP contribution >= 0.6 is 0 Å². The molecule has 0 aliphatic heterocycles. The summed E-state index contributed by atoms with van der Waals surface area (Å²) in [6, 6.07) is 16.8. The molecule has 0 N–H and O–H groups in total. The topological polar surface area (TPSA) is 55.1 Å². The van der Waals surface area contributed by atoms with Gasteiger partial charge in [-0.1, -0.05) is 24.3 Å². The Morgan fingerprint density at radius 2 is 1.83 bits per heavy atom. The summed E-state index contributed by atoms with van der Waals surface area (Å²) in [4.78, 5) is 4.80. The normalized spacial score (nSPS) is 15.2. The fourth-order valence-electron chi connectivity index (χ4n) is 4.40. The van der Waals surface area contributed by atoms with Gasteiger partial charge in [0.15, 0.2) is 0 Å². The minimum atomic E-state index is -0.661. The number of hydrogen-bond acceptors (Lipinski definition) is 4. The summed E-state index contributed by atoms with van der Waals surface area (Å²) in [5.41, 5.74) is 4.90. The predicted molar refractivity (Wildman–Crippen MR) is 115 cm³/mol. The summed E-state index contributed by atoms with van der Waals surface area (Å²) < 4.78 is 10.9. The smallest absolute Gasteiger partial charge is 0.217 e. The van der Waals surface area contributed by atoms with Crippen LogP contribution in [0.4, 0.5) is 0 Å². The number of fused-ring (bicyclic) bond motifs is 3. The molecule has 4 heteroatoms. The average molecular weight is 386 g/mol. The molecule has 0 fully saturated rings. The van der Waals surface area contributed by atoms with Gasteiger partial charge in [-0.05, 0) is 73.9 Å². The van der Waals surface area contributed by atoms with Crippen molar-refractivity contribution in [2.75, 3.05) is 14.2 Å². The Balaban J connectivity index is 1.78. The van der Waals surface area contributed by atoms with Crippen LogP contribution in [0, 0.1) is 11.3 Å². The first-order valence-corrected chi connectivity index (χ1v) is 10.1. The van der Waals surface area contributed by atoms with E-state index in [2.05, 4.69) is 24.3 Å². The zero-order valence-corrected chi connectivity index (χ0v) is 17.3. The van der Waals surface area contributed by atoms with Crippen LogP contribution in [0.5, 0.6) is 11.6 Å². The van der Waals surface area contributed by atoms with Gasteiger partial charge in [-0.15, -0.1) is 0 Å². The molecule has 148 valence electrons. The van der Waals surface area contributed by atoms with Gasteiger partial charge in [-0.3, -0.25) is 0 Å². The molecule has 0 radical (unpaired) electrons. The first-order chi connectivity index (χ1) is 14.1. The highest BCUT2D eigenvalue weighted by molar-refractivity contribution is 5.85. The van der Waals surface area contributed by atoms with Gasteiger partial charge in [-0.2, -0.15) is 5.26 Å². The van der Waals surface area contributed by atoms with Crippen molar-refractivity contribution in [3.63, 3.8) is 0 Å². The lowest BCUT2D eigenvalue weighted by Gasteiger charge is -2.24. The highest BCUT2D eigenvalue weighted by Crippen LogP contribution is 2.36. The molecule has 0 spiro atoms. The minimum absolute atomic E-state index is 0.605. The summed E-state index contributed by atoms with van der Waals surface area (Å²) >= 11 is 0. The summed E-state index contributed by atoms with van der Waals surface area (Å²) in [6.45, 7) is 1.99. The number of methoxy groups -OCH3 is 2. The molecule has 3 aromatic rings. The maximum Gasteiger partial charge on any atom is 0.217 e. The van der Waals surface area contributed by atoms with Gasteiger partial charge in [0.1, 0.15) is 5.75 Å². The lowest BCUT2D eigenvalue weighted by molar-refractivity contribution is 0.391. The number of rotatable bonds is 5. The van der Waals surface area contributed by atoms with E-state index in [1.54, 1.807) is 14.2 Å². The number of nitriles is 1. The first-order valence-electron chi connectivity index (χ1n) is 10.1. The molecule has 1 heterocycles. The summed E-state index contributed by atoms with van der Waals surface area (Å²) in [5, 5.41) is 11.3. The van der Waals surface area contributed by atoms with Gasteiger partial charge >= 0.3 is 0 Å². The number of ether oxygens (including phenoxy) is 2. The van der Waals surface area contributed by atoms with E-state index in [9.17, 15) is 5.26 Å².